The van der Waals surface area contributed by atoms with Gasteiger partial charge in [-0.2, -0.15) is 0 Å². The van der Waals surface area contributed by atoms with Gasteiger partial charge in [-0.1, -0.05) is 6.07 Å². The van der Waals surface area contributed by atoms with Crippen LogP contribution in [0.25, 0.3) is 0 Å². The van der Waals surface area contributed by atoms with Gasteiger partial charge in [0, 0.05) is 44.1 Å². The van der Waals surface area contributed by atoms with Crippen LogP contribution in [0.4, 0.5) is 0 Å². The largest absolute Gasteiger partial charge is 0.489 e. The van der Waals surface area contributed by atoms with Gasteiger partial charge in [0.15, 0.2) is 0 Å². The number of ether oxygens (including phenoxy) is 2. The third-order valence-electron chi connectivity index (χ3n) is 5.39. The third kappa shape index (κ3) is 4.05. The summed E-state index contributed by atoms with van der Waals surface area (Å²) in [5.41, 5.74) is 2.30. The molecule has 0 bridgehead atoms. The van der Waals surface area contributed by atoms with Crippen LogP contribution >= 0.6 is 0 Å². The molecule has 0 aliphatic carbocycles. The maximum Gasteiger partial charge on any atom is 0.137 e. The normalized spacial score (nSPS) is 28.7. The summed E-state index contributed by atoms with van der Waals surface area (Å²) in [7, 11) is 0. The predicted molar refractivity (Wildman–Crippen MR) is 100.0 cm³/mol. The van der Waals surface area contributed by atoms with Crippen molar-refractivity contribution in [2.75, 3.05) is 19.7 Å². The molecule has 0 saturated carbocycles. The first kappa shape index (κ1) is 17.4. The summed E-state index contributed by atoms with van der Waals surface area (Å²) in [5, 5.41) is 0. The van der Waals surface area contributed by atoms with E-state index in [0.717, 1.165) is 38.2 Å². The monoisotopic (exact) mass is 353 g/mol. The second kappa shape index (κ2) is 7.33. The van der Waals surface area contributed by atoms with Crippen molar-refractivity contribution in [3.8, 4) is 5.75 Å². The molecular weight excluding hydrogens is 326 g/mol. The van der Waals surface area contributed by atoms with E-state index in [9.17, 15) is 0 Å². The molecule has 2 saturated heterocycles. The van der Waals surface area contributed by atoms with Crippen LogP contribution in [0.3, 0.4) is 0 Å². The van der Waals surface area contributed by atoms with Gasteiger partial charge in [-0.25, -0.2) is 0 Å². The molecule has 5 nitrogen and oxygen atoms in total. The van der Waals surface area contributed by atoms with Gasteiger partial charge in [-0.3, -0.25) is 14.9 Å². The summed E-state index contributed by atoms with van der Waals surface area (Å²) in [4.78, 5) is 11.0. The van der Waals surface area contributed by atoms with Crippen LogP contribution < -0.4 is 4.74 Å². The highest BCUT2D eigenvalue weighted by atomic mass is 16.6. The van der Waals surface area contributed by atoms with Gasteiger partial charge in [-0.15, -0.1) is 0 Å². The molecule has 0 radical (unpaired) electrons. The first-order valence-electron chi connectivity index (χ1n) is 9.43. The molecule has 0 amide bonds. The molecule has 0 unspecified atom stereocenters. The number of likely N-dealkylation sites (tertiary alicyclic amines) is 1. The van der Waals surface area contributed by atoms with E-state index in [4.69, 9.17) is 9.47 Å². The number of hydrogen-bond acceptors (Lipinski definition) is 5. The number of aromatic nitrogens is 2. The Morgan fingerprint density at radius 3 is 3.04 bits per heavy atom. The van der Waals surface area contributed by atoms with E-state index in [1.807, 2.05) is 24.5 Å². The molecule has 2 aromatic heterocycles. The second-order valence-electron chi connectivity index (χ2n) is 7.94. The van der Waals surface area contributed by atoms with Crippen molar-refractivity contribution >= 4 is 0 Å². The van der Waals surface area contributed by atoms with E-state index in [2.05, 4.69) is 34.8 Å². The zero-order chi connectivity index (χ0) is 18.0. The number of fused-ring (bicyclic) bond motifs is 1. The molecule has 2 aliphatic heterocycles. The van der Waals surface area contributed by atoms with Gasteiger partial charge < -0.3 is 9.47 Å². The molecule has 5 heteroatoms. The Balaban J connectivity index is 1.33. The van der Waals surface area contributed by atoms with Crippen molar-refractivity contribution in [2.45, 2.75) is 44.9 Å². The van der Waals surface area contributed by atoms with E-state index in [1.54, 1.807) is 12.4 Å². The number of aryl methyl sites for hydroxylation is 1. The lowest BCUT2D eigenvalue weighted by Crippen LogP contribution is -2.40. The van der Waals surface area contributed by atoms with Crippen LogP contribution in [0.5, 0.6) is 5.75 Å². The van der Waals surface area contributed by atoms with Crippen molar-refractivity contribution in [1.82, 2.24) is 14.9 Å². The van der Waals surface area contributed by atoms with Crippen LogP contribution in [0.1, 0.15) is 30.9 Å². The lowest BCUT2D eigenvalue weighted by molar-refractivity contribution is -0.0698. The lowest BCUT2D eigenvalue weighted by atomic mass is 9.89. The quantitative estimate of drug-likeness (QED) is 0.826. The van der Waals surface area contributed by atoms with Gasteiger partial charge in [0.2, 0.25) is 0 Å². The number of nitrogens with zero attached hydrogens (tertiary/aromatic N) is 3. The van der Waals surface area contributed by atoms with E-state index < -0.39 is 0 Å². The molecule has 2 aromatic rings. The minimum atomic E-state index is -0.216. The first-order chi connectivity index (χ1) is 12.6. The molecule has 3 atom stereocenters. The minimum Gasteiger partial charge on any atom is -0.489 e. The standard InChI is InChI=1S/C21H27N3O2/c1-16-8-17(11-23-10-16)13-24-7-5-20-18(14-24)9-21(2,26-20)15-25-19-4-3-6-22-12-19/h3-4,6,8,10-12,18,20H,5,7,9,13-15H2,1-2H3/t18-,20+,21-/m1/s1. The van der Waals surface area contributed by atoms with Gasteiger partial charge >= 0.3 is 0 Å². The summed E-state index contributed by atoms with van der Waals surface area (Å²) in [6, 6.07) is 6.07. The van der Waals surface area contributed by atoms with Gasteiger partial charge in [0.1, 0.15) is 18.0 Å². The van der Waals surface area contributed by atoms with Crippen molar-refractivity contribution in [1.29, 1.82) is 0 Å². The van der Waals surface area contributed by atoms with Crippen LogP contribution in [-0.4, -0.2) is 46.3 Å². The number of piperidine rings is 1. The molecular formula is C21H27N3O2. The summed E-state index contributed by atoms with van der Waals surface area (Å²) in [6.45, 7) is 7.99. The van der Waals surface area contributed by atoms with E-state index >= 15 is 0 Å². The Hall–Kier alpha value is -1.98. The fraction of sp³-hybridized carbons (Fsp3) is 0.524. The number of rotatable bonds is 5. The zero-order valence-electron chi connectivity index (χ0n) is 15.6. The highest BCUT2D eigenvalue weighted by Gasteiger charge is 2.46. The van der Waals surface area contributed by atoms with Crippen molar-refractivity contribution in [3.63, 3.8) is 0 Å². The highest BCUT2D eigenvalue weighted by Crippen LogP contribution is 2.39. The molecule has 0 aromatic carbocycles. The molecule has 0 N–H and O–H groups in total. The Kier molecular flexibility index (Phi) is 4.92. The van der Waals surface area contributed by atoms with E-state index in [1.165, 1.54) is 11.1 Å². The maximum atomic E-state index is 6.41. The SMILES string of the molecule is Cc1cncc(CN2CC[C@@H]3O[C@@](C)(COc4cccnc4)C[C@@H]3C2)c1. The molecule has 2 aliphatic rings. The molecule has 4 rings (SSSR count). The van der Waals surface area contributed by atoms with E-state index in [-0.39, 0.29) is 5.60 Å². The van der Waals surface area contributed by atoms with Gasteiger partial charge in [0.05, 0.1) is 12.3 Å². The molecule has 26 heavy (non-hydrogen) atoms. The Morgan fingerprint density at radius 1 is 1.31 bits per heavy atom. The highest BCUT2D eigenvalue weighted by molar-refractivity contribution is 5.17. The maximum absolute atomic E-state index is 6.41. The minimum absolute atomic E-state index is 0.216. The first-order valence-corrected chi connectivity index (χ1v) is 9.43. The fourth-order valence-electron chi connectivity index (χ4n) is 4.27. The third-order valence-corrected chi connectivity index (χ3v) is 5.39. The molecule has 4 heterocycles. The van der Waals surface area contributed by atoms with Crippen LogP contribution in [0.15, 0.2) is 43.0 Å². The van der Waals surface area contributed by atoms with E-state index in [0.29, 0.717) is 18.6 Å². The molecule has 2 fully saturated rings. The average Bonchev–Trinajstić information content (AvgIpc) is 2.97. The lowest BCUT2D eigenvalue weighted by Gasteiger charge is -2.34. The summed E-state index contributed by atoms with van der Waals surface area (Å²) >= 11 is 0. The topological polar surface area (TPSA) is 47.5 Å². The summed E-state index contributed by atoms with van der Waals surface area (Å²) < 4.78 is 12.3. The zero-order valence-corrected chi connectivity index (χ0v) is 15.6. The van der Waals surface area contributed by atoms with Crippen molar-refractivity contribution < 1.29 is 9.47 Å². The summed E-state index contributed by atoms with van der Waals surface area (Å²) in [5.74, 6) is 1.38. The molecule has 0 spiro atoms. The van der Waals surface area contributed by atoms with Crippen LogP contribution in [-0.2, 0) is 11.3 Å². The predicted octanol–water partition coefficient (Wildman–Crippen LogP) is 3.23. The number of hydrogen-bond donors (Lipinski definition) is 0. The smallest absolute Gasteiger partial charge is 0.137 e. The summed E-state index contributed by atoms with van der Waals surface area (Å²) in [6.07, 6.45) is 9.89. The van der Waals surface area contributed by atoms with Crippen molar-refractivity contribution in [3.05, 3.63) is 54.1 Å². The van der Waals surface area contributed by atoms with Gasteiger partial charge in [-0.05, 0) is 49.9 Å². The Morgan fingerprint density at radius 2 is 2.23 bits per heavy atom. The second-order valence-corrected chi connectivity index (χ2v) is 7.94. The Bertz CT molecular complexity index is 739. The van der Waals surface area contributed by atoms with Crippen LogP contribution in [0, 0.1) is 12.8 Å². The van der Waals surface area contributed by atoms with Crippen LogP contribution in [0.2, 0.25) is 0 Å². The fourth-order valence-corrected chi connectivity index (χ4v) is 4.27. The average molecular weight is 353 g/mol. The Labute approximate surface area is 155 Å². The molecule has 138 valence electrons. The number of pyridine rings is 2. The van der Waals surface area contributed by atoms with Crippen molar-refractivity contribution in [2.24, 2.45) is 5.92 Å². The van der Waals surface area contributed by atoms with Gasteiger partial charge in [0.25, 0.3) is 0 Å².